The first-order valence-electron chi connectivity index (χ1n) is 5.37. The third-order valence-corrected chi connectivity index (χ3v) is 2.54. The van der Waals surface area contributed by atoms with E-state index in [1.807, 2.05) is 37.8 Å². The predicted molar refractivity (Wildman–Crippen MR) is 62.2 cm³/mol. The molecular weight excluding hydrogens is 204 g/mol. The quantitative estimate of drug-likeness (QED) is 0.823. The van der Waals surface area contributed by atoms with E-state index < -0.39 is 5.97 Å². The van der Waals surface area contributed by atoms with Crippen molar-refractivity contribution in [1.29, 1.82) is 0 Å². The molecule has 16 heavy (non-hydrogen) atoms. The summed E-state index contributed by atoms with van der Waals surface area (Å²) in [5.74, 6) is -0.803. The zero-order valence-electron chi connectivity index (χ0n) is 9.97. The zero-order chi connectivity index (χ0) is 12.1. The Hall–Kier alpha value is -1.42. The molecular formula is C12H18N2O2. The molecule has 0 bridgehead atoms. The Labute approximate surface area is 95.9 Å². The van der Waals surface area contributed by atoms with Crippen LogP contribution in [0.4, 0.5) is 0 Å². The number of pyridine rings is 1. The summed E-state index contributed by atoms with van der Waals surface area (Å²) in [6, 6.07) is 4.06. The Morgan fingerprint density at radius 2 is 2.25 bits per heavy atom. The van der Waals surface area contributed by atoms with Gasteiger partial charge in [0, 0.05) is 18.8 Å². The number of aliphatic carboxylic acids is 1. The molecule has 0 aliphatic heterocycles. The summed E-state index contributed by atoms with van der Waals surface area (Å²) in [6.07, 6.45) is 1.74. The summed E-state index contributed by atoms with van der Waals surface area (Å²) in [7, 11) is 0. The second-order valence-electron chi connectivity index (χ2n) is 4.16. The van der Waals surface area contributed by atoms with Gasteiger partial charge in [0.25, 0.3) is 0 Å². The van der Waals surface area contributed by atoms with Gasteiger partial charge in [-0.05, 0) is 32.4 Å². The normalized spacial score (nSPS) is 11.1. The molecule has 1 rings (SSSR count). The molecule has 0 unspecified atom stereocenters. The molecule has 88 valence electrons. The summed E-state index contributed by atoms with van der Waals surface area (Å²) < 4.78 is 0. The molecule has 1 N–H and O–H groups in total. The molecule has 0 saturated carbocycles. The second-order valence-corrected chi connectivity index (χ2v) is 4.16. The molecule has 0 saturated heterocycles. The van der Waals surface area contributed by atoms with Crippen molar-refractivity contribution >= 4 is 5.97 Å². The van der Waals surface area contributed by atoms with Crippen LogP contribution < -0.4 is 0 Å². The second kappa shape index (κ2) is 5.61. The SMILES string of the molecule is Cc1cccnc1CN(CC(=O)O)C(C)C. The lowest BCUT2D eigenvalue weighted by molar-refractivity contribution is -0.139. The highest BCUT2D eigenvalue weighted by molar-refractivity contribution is 5.69. The number of carbonyl (C=O) groups is 1. The van der Waals surface area contributed by atoms with Crippen LogP contribution in [0.25, 0.3) is 0 Å². The van der Waals surface area contributed by atoms with Gasteiger partial charge in [0.05, 0.1) is 12.2 Å². The molecule has 0 atom stereocenters. The van der Waals surface area contributed by atoms with Gasteiger partial charge in [-0.15, -0.1) is 0 Å². The van der Waals surface area contributed by atoms with Gasteiger partial charge >= 0.3 is 5.97 Å². The molecule has 4 heteroatoms. The molecule has 0 aliphatic carbocycles. The summed E-state index contributed by atoms with van der Waals surface area (Å²) in [6.45, 7) is 6.59. The van der Waals surface area contributed by atoms with Crippen molar-refractivity contribution in [3.05, 3.63) is 29.6 Å². The summed E-state index contributed by atoms with van der Waals surface area (Å²) >= 11 is 0. The summed E-state index contributed by atoms with van der Waals surface area (Å²) in [4.78, 5) is 16.9. The van der Waals surface area contributed by atoms with Gasteiger partial charge in [0.15, 0.2) is 0 Å². The van der Waals surface area contributed by atoms with Gasteiger partial charge < -0.3 is 5.11 Å². The third kappa shape index (κ3) is 3.62. The standard InChI is InChI=1S/C12H18N2O2/c1-9(2)14(8-12(15)16)7-11-10(3)5-4-6-13-11/h4-6,9H,7-8H2,1-3H3,(H,15,16). The van der Waals surface area contributed by atoms with Crippen LogP contribution in [0.5, 0.6) is 0 Å². The number of hydrogen-bond acceptors (Lipinski definition) is 3. The lowest BCUT2D eigenvalue weighted by Crippen LogP contribution is -2.35. The monoisotopic (exact) mass is 222 g/mol. The van der Waals surface area contributed by atoms with Gasteiger partial charge in [-0.2, -0.15) is 0 Å². The van der Waals surface area contributed by atoms with E-state index in [1.165, 1.54) is 0 Å². The van der Waals surface area contributed by atoms with E-state index in [2.05, 4.69) is 4.98 Å². The van der Waals surface area contributed by atoms with Crippen LogP contribution in [0.2, 0.25) is 0 Å². The highest BCUT2D eigenvalue weighted by Crippen LogP contribution is 2.09. The number of aryl methyl sites for hydroxylation is 1. The number of aromatic nitrogens is 1. The van der Waals surface area contributed by atoms with Gasteiger partial charge in [-0.1, -0.05) is 6.07 Å². The third-order valence-electron chi connectivity index (χ3n) is 2.54. The molecule has 0 amide bonds. The first-order valence-corrected chi connectivity index (χ1v) is 5.37. The minimum Gasteiger partial charge on any atom is -0.480 e. The van der Waals surface area contributed by atoms with Gasteiger partial charge in [-0.25, -0.2) is 0 Å². The fourth-order valence-corrected chi connectivity index (χ4v) is 1.47. The maximum Gasteiger partial charge on any atom is 0.317 e. The Bertz CT molecular complexity index is 364. The number of carboxylic acids is 1. The molecule has 1 aromatic heterocycles. The van der Waals surface area contributed by atoms with E-state index in [0.29, 0.717) is 6.54 Å². The topological polar surface area (TPSA) is 53.4 Å². The molecule has 0 spiro atoms. The van der Waals surface area contributed by atoms with Crippen molar-refractivity contribution in [3.63, 3.8) is 0 Å². The number of rotatable bonds is 5. The first-order chi connectivity index (χ1) is 7.50. The van der Waals surface area contributed by atoms with Gasteiger partial charge in [0.1, 0.15) is 0 Å². The molecule has 1 aromatic rings. The van der Waals surface area contributed by atoms with Gasteiger partial charge in [-0.3, -0.25) is 14.7 Å². The van der Waals surface area contributed by atoms with E-state index in [1.54, 1.807) is 6.20 Å². The zero-order valence-corrected chi connectivity index (χ0v) is 9.97. The Kier molecular flexibility index (Phi) is 4.43. The van der Waals surface area contributed by atoms with Crippen molar-refractivity contribution < 1.29 is 9.90 Å². The largest absolute Gasteiger partial charge is 0.480 e. The van der Waals surface area contributed by atoms with Crippen LogP contribution >= 0.6 is 0 Å². The highest BCUT2D eigenvalue weighted by Gasteiger charge is 2.15. The van der Waals surface area contributed by atoms with Crippen molar-refractivity contribution in [1.82, 2.24) is 9.88 Å². The smallest absolute Gasteiger partial charge is 0.317 e. The van der Waals surface area contributed by atoms with Crippen molar-refractivity contribution in [3.8, 4) is 0 Å². The molecule has 4 nitrogen and oxygen atoms in total. The molecule has 0 aliphatic rings. The average molecular weight is 222 g/mol. The molecule has 0 aromatic carbocycles. The number of hydrogen-bond donors (Lipinski definition) is 1. The van der Waals surface area contributed by atoms with Crippen LogP contribution in [0.3, 0.4) is 0 Å². The van der Waals surface area contributed by atoms with Crippen molar-refractivity contribution in [2.45, 2.75) is 33.4 Å². The van der Waals surface area contributed by atoms with E-state index in [-0.39, 0.29) is 12.6 Å². The van der Waals surface area contributed by atoms with Crippen molar-refractivity contribution in [2.24, 2.45) is 0 Å². The van der Waals surface area contributed by atoms with E-state index in [0.717, 1.165) is 11.3 Å². The first kappa shape index (κ1) is 12.6. The maximum absolute atomic E-state index is 10.7. The van der Waals surface area contributed by atoms with Crippen LogP contribution in [0.15, 0.2) is 18.3 Å². The van der Waals surface area contributed by atoms with E-state index >= 15 is 0 Å². The minimum atomic E-state index is -0.803. The van der Waals surface area contributed by atoms with Crippen LogP contribution in [0.1, 0.15) is 25.1 Å². The van der Waals surface area contributed by atoms with Crippen LogP contribution in [0, 0.1) is 6.92 Å². The maximum atomic E-state index is 10.7. The summed E-state index contributed by atoms with van der Waals surface area (Å²) in [5, 5.41) is 8.82. The van der Waals surface area contributed by atoms with E-state index in [4.69, 9.17) is 5.11 Å². The molecule has 0 radical (unpaired) electrons. The fraction of sp³-hybridized carbons (Fsp3) is 0.500. The minimum absolute atomic E-state index is 0.0493. The molecule has 1 heterocycles. The van der Waals surface area contributed by atoms with E-state index in [9.17, 15) is 4.79 Å². The lowest BCUT2D eigenvalue weighted by Gasteiger charge is -2.24. The van der Waals surface area contributed by atoms with Crippen LogP contribution in [-0.4, -0.2) is 33.5 Å². The Balaban J connectivity index is 2.76. The van der Waals surface area contributed by atoms with Gasteiger partial charge in [0.2, 0.25) is 0 Å². The average Bonchev–Trinajstić information content (AvgIpc) is 2.19. The number of carboxylic acid groups (broad SMARTS) is 1. The predicted octanol–water partition coefficient (Wildman–Crippen LogP) is 1.69. The summed E-state index contributed by atoms with van der Waals surface area (Å²) in [5.41, 5.74) is 2.04. The Morgan fingerprint density at radius 3 is 2.75 bits per heavy atom. The number of nitrogens with zero attached hydrogens (tertiary/aromatic N) is 2. The van der Waals surface area contributed by atoms with Crippen LogP contribution in [-0.2, 0) is 11.3 Å². The fourth-order valence-electron chi connectivity index (χ4n) is 1.47. The van der Waals surface area contributed by atoms with Crippen molar-refractivity contribution in [2.75, 3.05) is 6.54 Å². The lowest BCUT2D eigenvalue weighted by atomic mass is 10.2. The highest BCUT2D eigenvalue weighted by atomic mass is 16.4. The Morgan fingerprint density at radius 1 is 1.56 bits per heavy atom. The molecule has 0 fully saturated rings.